The van der Waals surface area contributed by atoms with Crippen molar-refractivity contribution in [2.24, 2.45) is 5.92 Å². The summed E-state index contributed by atoms with van der Waals surface area (Å²) >= 11 is 1.72. The number of fused-ring (bicyclic) bond motifs is 1. The van der Waals surface area contributed by atoms with E-state index in [1.54, 1.807) is 23.7 Å². The third kappa shape index (κ3) is 3.19. The van der Waals surface area contributed by atoms with Gasteiger partial charge in [-0.2, -0.15) is 0 Å². The average molecular weight is 315 g/mol. The number of hydrogen-bond donors (Lipinski definition) is 1. The van der Waals surface area contributed by atoms with Gasteiger partial charge < -0.3 is 5.32 Å². The summed E-state index contributed by atoms with van der Waals surface area (Å²) in [7, 11) is 0. The topological polar surface area (TPSA) is 54.9 Å². The second-order valence-electron chi connectivity index (χ2n) is 5.88. The molecule has 2 atom stereocenters. The first-order valence-electron chi connectivity index (χ1n) is 7.86. The molecule has 2 aromatic rings. The predicted molar refractivity (Wildman–Crippen MR) is 88.8 cm³/mol. The van der Waals surface area contributed by atoms with Crippen LogP contribution in [-0.4, -0.2) is 21.9 Å². The summed E-state index contributed by atoms with van der Waals surface area (Å²) in [5.74, 6) is 0.283. The SMILES string of the molecule is CCC(C)NC(=O)C1CCc2nc(-c3ccncc3)sc2C1. The maximum atomic E-state index is 12.3. The van der Waals surface area contributed by atoms with E-state index in [4.69, 9.17) is 4.98 Å². The molecule has 0 radical (unpaired) electrons. The van der Waals surface area contributed by atoms with Crippen LogP contribution in [0.1, 0.15) is 37.3 Å². The molecule has 0 aliphatic heterocycles. The maximum Gasteiger partial charge on any atom is 0.223 e. The van der Waals surface area contributed by atoms with Gasteiger partial charge in [0.05, 0.1) is 5.69 Å². The summed E-state index contributed by atoms with van der Waals surface area (Å²) in [5.41, 5.74) is 2.28. The Hall–Kier alpha value is -1.75. The number of carbonyl (C=O) groups excluding carboxylic acids is 1. The highest BCUT2D eigenvalue weighted by atomic mass is 32.1. The van der Waals surface area contributed by atoms with Gasteiger partial charge in [-0.15, -0.1) is 11.3 Å². The fourth-order valence-electron chi connectivity index (χ4n) is 2.68. The van der Waals surface area contributed by atoms with E-state index in [9.17, 15) is 4.79 Å². The predicted octanol–water partition coefficient (Wildman–Crippen LogP) is 3.22. The molecule has 0 spiro atoms. The molecule has 0 bridgehead atoms. The summed E-state index contributed by atoms with van der Waals surface area (Å²) < 4.78 is 0. The Bertz CT molecular complexity index is 653. The monoisotopic (exact) mass is 315 g/mol. The Labute approximate surface area is 135 Å². The molecule has 0 saturated carbocycles. The Morgan fingerprint density at radius 3 is 2.95 bits per heavy atom. The van der Waals surface area contributed by atoms with Crippen molar-refractivity contribution in [2.75, 3.05) is 0 Å². The quantitative estimate of drug-likeness (QED) is 0.942. The highest BCUT2D eigenvalue weighted by Crippen LogP contribution is 2.34. The second kappa shape index (κ2) is 6.57. The van der Waals surface area contributed by atoms with Crippen molar-refractivity contribution in [3.05, 3.63) is 35.1 Å². The number of nitrogens with zero attached hydrogens (tertiary/aromatic N) is 2. The normalized spacial score (nSPS) is 18.5. The standard InChI is InChI=1S/C17H21N3OS/c1-3-11(2)19-16(21)13-4-5-14-15(10-13)22-17(20-14)12-6-8-18-9-7-12/h6-9,11,13H,3-5,10H2,1-2H3,(H,19,21). The Morgan fingerprint density at radius 1 is 1.45 bits per heavy atom. The van der Waals surface area contributed by atoms with E-state index in [0.717, 1.165) is 36.3 Å². The number of hydrogen-bond acceptors (Lipinski definition) is 4. The van der Waals surface area contributed by atoms with Crippen molar-refractivity contribution >= 4 is 17.2 Å². The number of carbonyl (C=O) groups is 1. The molecule has 2 heterocycles. The largest absolute Gasteiger partial charge is 0.353 e. The van der Waals surface area contributed by atoms with Gasteiger partial charge in [-0.3, -0.25) is 9.78 Å². The molecule has 2 aromatic heterocycles. The van der Waals surface area contributed by atoms with Gasteiger partial charge in [0, 0.05) is 34.8 Å². The highest BCUT2D eigenvalue weighted by molar-refractivity contribution is 7.15. The van der Waals surface area contributed by atoms with Gasteiger partial charge in [0.1, 0.15) is 5.01 Å². The van der Waals surface area contributed by atoms with Crippen LogP contribution in [0, 0.1) is 5.92 Å². The van der Waals surface area contributed by atoms with Gasteiger partial charge >= 0.3 is 0 Å². The zero-order chi connectivity index (χ0) is 15.5. The Balaban J connectivity index is 1.74. The lowest BCUT2D eigenvalue weighted by Gasteiger charge is -2.22. The first-order valence-corrected chi connectivity index (χ1v) is 8.68. The summed E-state index contributed by atoms with van der Waals surface area (Å²) in [5, 5.41) is 4.14. The second-order valence-corrected chi connectivity index (χ2v) is 6.97. The van der Waals surface area contributed by atoms with Gasteiger partial charge in [0.15, 0.2) is 0 Å². The molecule has 3 rings (SSSR count). The van der Waals surface area contributed by atoms with Gasteiger partial charge in [-0.25, -0.2) is 4.98 Å². The molecule has 1 aliphatic carbocycles. The molecule has 0 fully saturated rings. The number of rotatable bonds is 4. The Kier molecular flexibility index (Phi) is 4.52. The van der Waals surface area contributed by atoms with Gasteiger partial charge in [0.25, 0.3) is 0 Å². The van der Waals surface area contributed by atoms with Crippen LogP contribution in [0.2, 0.25) is 0 Å². The molecule has 4 nitrogen and oxygen atoms in total. The fraction of sp³-hybridized carbons (Fsp3) is 0.471. The van der Waals surface area contributed by atoms with Crippen molar-refractivity contribution < 1.29 is 4.79 Å². The fourth-order valence-corrected chi connectivity index (χ4v) is 3.87. The van der Waals surface area contributed by atoms with E-state index in [0.29, 0.717) is 0 Å². The van der Waals surface area contributed by atoms with Crippen LogP contribution in [0.15, 0.2) is 24.5 Å². The van der Waals surface area contributed by atoms with E-state index < -0.39 is 0 Å². The summed E-state index contributed by atoms with van der Waals surface area (Å²) in [6, 6.07) is 4.22. The number of aryl methyl sites for hydroxylation is 1. The lowest BCUT2D eigenvalue weighted by atomic mass is 9.90. The number of thiazole rings is 1. The van der Waals surface area contributed by atoms with E-state index in [1.165, 1.54) is 10.6 Å². The molecule has 2 unspecified atom stereocenters. The molecule has 1 amide bonds. The molecule has 22 heavy (non-hydrogen) atoms. The number of amides is 1. The number of nitrogens with one attached hydrogen (secondary N) is 1. The maximum absolute atomic E-state index is 12.3. The van der Waals surface area contributed by atoms with Crippen LogP contribution in [0.5, 0.6) is 0 Å². The first kappa shape index (κ1) is 15.2. The molecule has 116 valence electrons. The lowest BCUT2D eigenvalue weighted by molar-refractivity contribution is -0.125. The zero-order valence-corrected chi connectivity index (χ0v) is 13.8. The molecule has 0 aromatic carbocycles. The van der Waals surface area contributed by atoms with Crippen molar-refractivity contribution in [3.8, 4) is 10.6 Å². The van der Waals surface area contributed by atoms with Crippen LogP contribution in [-0.2, 0) is 17.6 Å². The van der Waals surface area contributed by atoms with Crippen molar-refractivity contribution in [1.29, 1.82) is 0 Å². The van der Waals surface area contributed by atoms with Crippen molar-refractivity contribution in [1.82, 2.24) is 15.3 Å². The van der Waals surface area contributed by atoms with E-state index in [2.05, 4.69) is 24.1 Å². The molecular weight excluding hydrogens is 294 g/mol. The van der Waals surface area contributed by atoms with E-state index in [1.807, 2.05) is 12.1 Å². The van der Waals surface area contributed by atoms with Crippen LogP contribution < -0.4 is 5.32 Å². The molecule has 1 N–H and O–H groups in total. The first-order chi connectivity index (χ1) is 10.7. The summed E-state index contributed by atoms with van der Waals surface area (Å²) in [6.07, 6.45) is 7.16. The molecule has 5 heteroatoms. The van der Waals surface area contributed by atoms with Gasteiger partial charge in [-0.05, 0) is 44.7 Å². The highest BCUT2D eigenvalue weighted by Gasteiger charge is 2.28. The Morgan fingerprint density at radius 2 is 2.23 bits per heavy atom. The van der Waals surface area contributed by atoms with Crippen LogP contribution in [0.3, 0.4) is 0 Å². The van der Waals surface area contributed by atoms with Crippen molar-refractivity contribution in [2.45, 2.75) is 45.6 Å². The minimum atomic E-state index is 0.0900. The minimum Gasteiger partial charge on any atom is -0.353 e. The third-order valence-electron chi connectivity index (χ3n) is 4.24. The van der Waals surface area contributed by atoms with E-state index >= 15 is 0 Å². The zero-order valence-electron chi connectivity index (χ0n) is 13.0. The van der Waals surface area contributed by atoms with Crippen LogP contribution in [0.4, 0.5) is 0 Å². The van der Waals surface area contributed by atoms with Crippen LogP contribution >= 0.6 is 11.3 Å². The molecule has 0 saturated heterocycles. The lowest BCUT2D eigenvalue weighted by Crippen LogP contribution is -2.38. The van der Waals surface area contributed by atoms with Gasteiger partial charge in [-0.1, -0.05) is 6.92 Å². The number of pyridine rings is 1. The third-order valence-corrected chi connectivity index (χ3v) is 5.41. The minimum absolute atomic E-state index is 0.0900. The average Bonchev–Trinajstić information content (AvgIpc) is 2.98. The molecule has 1 aliphatic rings. The smallest absolute Gasteiger partial charge is 0.223 e. The number of aromatic nitrogens is 2. The molecular formula is C17H21N3OS. The van der Waals surface area contributed by atoms with Crippen molar-refractivity contribution in [3.63, 3.8) is 0 Å². The summed E-state index contributed by atoms with van der Waals surface area (Å²) in [6.45, 7) is 4.15. The summed E-state index contributed by atoms with van der Waals surface area (Å²) in [4.78, 5) is 22.4. The van der Waals surface area contributed by atoms with Gasteiger partial charge in [0.2, 0.25) is 5.91 Å². The van der Waals surface area contributed by atoms with Crippen LogP contribution in [0.25, 0.3) is 10.6 Å². The van der Waals surface area contributed by atoms with E-state index in [-0.39, 0.29) is 17.9 Å².